The van der Waals surface area contributed by atoms with E-state index >= 15 is 0 Å². The summed E-state index contributed by atoms with van der Waals surface area (Å²) in [5, 5.41) is 0.627. The van der Waals surface area contributed by atoms with Crippen LogP contribution in [0.4, 0.5) is 8.78 Å². The van der Waals surface area contributed by atoms with E-state index in [-0.39, 0.29) is 5.56 Å². The second-order valence-corrected chi connectivity index (χ2v) is 7.22. The molecule has 1 aliphatic heterocycles. The monoisotopic (exact) mass is 388 g/mol. The van der Waals surface area contributed by atoms with E-state index in [4.69, 9.17) is 5.73 Å². The maximum absolute atomic E-state index is 13.7. The van der Waals surface area contributed by atoms with Crippen LogP contribution in [-0.4, -0.2) is 10.9 Å². The molecule has 0 aliphatic carbocycles. The highest BCUT2D eigenvalue weighted by Crippen LogP contribution is 2.22. The van der Waals surface area contributed by atoms with Gasteiger partial charge in [0.2, 0.25) is 0 Å². The molecule has 0 fully saturated rings. The molecule has 2 rings (SSSR count). The molecule has 1 heterocycles. The van der Waals surface area contributed by atoms with Gasteiger partial charge < -0.3 is 5.73 Å². The predicted octanol–water partition coefficient (Wildman–Crippen LogP) is 5.17. The molecule has 2 nitrogen and oxygen atoms in total. The molecule has 0 aromatic heterocycles. The van der Waals surface area contributed by atoms with Crippen LogP contribution in [0.2, 0.25) is 0 Å². The van der Waals surface area contributed by atoms with Crippen LogP contribution in [0.5, 0.6) is 0 Å². The maximum atomic E-state index is 13.7. The summed E-state index contributed by atoms with van der Waals surface area (Å²) in [6.45, 7) is 0. The molecular weight excluding hydrogens is 370 g/mol. The molecule has 1 aromatic rings. The summed E-state index contributed by atoms with van der Waals surface area (Å²) >= 11 is 4.66. The largest absolute Gasteiger partial charge is 0.378 e. The molecule has 1 aliphatic rings. The zero-order chi connectivity index (χ0) is 15.9. The topological polar surface area (TPSA) is 38.4 Å². The van der Waals surface area contributed by atoms with Crippen molar-refractivity contribution in [3.05, 3.63) is 45.6 Å². The van der Waals surface area contributed by atoms with E-state index in [9.17, 15) is 8.78 Å². The molecule has 0 unspecified atom stereocenters. The number of nitrogens with zero attached hydrogens (tertiary/aromatic N) is 1. The molecule has 0 radical (unpaired) electrons. The Kier molecular flexibility index (Phi) is 6.89. The van der Waals surface area contributed by atoms with Gasteiger partial charge in [-0.3, -0.25) is 0 Å². The van der Waals surface area contributed by atoms with Crippen LogP contribution in [-0.2, 0) is 6.42 Å². The van der Waals surface area contributed by atoms with Crippen molar-refractivity contribution in [1.29, 1.82) is 0 Å². The SMILES string of the molecule is NC1=NC=C(CCCCCCc2c(F)cc(Br)cc2F)CS1. The molecule has 0 saturated carbocycles. The zero-order valence-electron chi connectivity index (χ0n) is 12.2. The van der Waals surface area contributed by atoms with Gasteiger partial charge in [0.15, 0.2) is 5.17 Å². The highest BCUT2D eigenvalue weighted by Gasteiger charge is 2.10. The van der Waals surface area contributed by atoms with Crippen molar-refractivity contribution in [3.63, 3.8) is 0 Å². The number of unbranched alkanes of at least 4 members (excludes halogenated alkanes) is 3. The van der Waals surface area contributed by atoms with Gasteiger partial charge in [-0.1, -0.05) is 40.5 Å². The Bertz CT molecular complexity index is 565. The molecule has 120 valence electrons. The normalized spacial score (nSPS) is 14.7. The van der Waals surface area contributed by atoms with Gasteiger partial charge in [0, 0.05) is 22.0 Å². The van der Waals surface area contributed by atoms with Crippen LogP contribution in [0.15, 0.2) is 33.4 Å². The number of hydrogen-bond acceptors (Lipinski definition) is 3. The molecule has 0 amide bonds. The number of hydrogen-bond donors (Lipinski definition) is 1. The average molecular weight is 389 g/mol. The smallest absolute Gasteiger partial charge is 0.158 e. The number of amidine groups is 1. The minimum Gasteiger partial charge on any atom is -0.378 e. The summed E-state index contributed by atoms with van der Waals surface area (Å²) in [5.41, 5.74) is 7.09. The third-order valence-corrected chi connectivity index (χ3v) is 4.93. The van der Waals surface area contributed by atoms with Gasteiger partial charge in [-0.2, -0.15) is 0 Å². The van der Waals surface area contributed by atoms with E-state index in [2.05, 4.69) is 20.9 Å². The summed E-state index contributed by atoms with van der Waals surface area (Å²) in [6.07, 6.45) is 7.23. The predicted molar refractivity (Wildman–Crippen MR) is 93.0 cm³/mol. The van der Waals surface area contributed by atoms with E-state index in [0.717, 1.165) is 37.9 Å². The van der Waals surface area contributed by atoms with E-state index in [1.807, 2.05) is 6.20 Å². The lowest BCUT2D eigenvalue weighted by Gasteiger charge is -2.10. The second-order valence-electron chi connectivity index (χ2n) is 5.31. The Morgan fingerprint density at radius 3 is 2.32 bits per heavy atom. The number of halogens is 3. The van der Waals surface area contributed by atoms with Crippen molar-refractivity contribution < 1.29 is 8.78 Å². The van der Waals surface area contributed by atoms with Crippen molar-refractivity contribution in [3.8, 4) is 0 Å². The van der Waals surface area contributed by atoms with Gasteiger partial charge in [0.1, 0.15) is 11.6 Å². The number of aliphatic imine (C=N–C) groups is 1. The van der Waals surface area contributed by atoms with Crippen molar-refractivity contribution in [2.75, 3.05) is 5.75 Å². The number of nitrogens with two attached hydrogens (primary N) is 1. The van der Waals surface area contributed by atoms with Crippen molar-refractivity contribution >= 4 is 32.9 Å². The minimum absolute atomic E-state index is 0.194. The van der Waals surface area contributed by atoms with Crippen molar-refractivity contribution in [2.45, 2.75) is 38.5 Å². The number of thioether (sulfide) groups is 1. The fraction of sp³-hybridized carbons (Fsp3) is 0.438. The molecule has 0 bridgehead atoms. The Balaban J connectivity index is 1.66. The Morgan fingerprint density at radius 1 is 1.09 bits per heavy atom. The first kappa shape index (κ1) is 17.5. The summed E-state index contributed by atoms with van der Waals surface area (Å²) in [5.74, 6) is -0.0107. The van der Waals surface area contributed by atoms with Gasteiger partial charge in [-0.25, -0.2) is 13.8 Å². The molecule has 2 N–H and O–H groups in total. The van der Waals surface area contributed by atoms with Crippen LogP contribution >= 0.6 is 27.7 Å². The average Bonchev–Trinajstić information content (AvgIpc) is 2.46. The molecule has 1 aromatic carbocycles. The number of rotatable bonds is 7. The van der Waals surface area contributed by atoms with Gasteiger partial charge in [-0.05, 0) is 43.4 Å². The molecule has 6 heteroatoms. The van der Waals surface area contributed by atoms with E-state index in [1.165, 1.54) is 17.7 Å². The third kappa shape index (κ3) is 5.39. The Hall–Kier alpha value is -0.880. The first-order chi connectivity index (χ1) is 10.6. The van der Waals surface area contributed by atoms with Crippen LogP contribution in [0.1, 0.15) is 37.7 Å². The molecular formula is C16H19BrF2N2S. The van der Waals surface area contributed by atoms with Crippen LogP contribution in [0.3, 0.4) is 0 Å². The second kappa shape index (κ2) is 8.67. The summed E-state index contributed by atoms with van der Waals surface area (Å²) in [7, 11) is 0. The fourth-order valence-corrected chi connectivity index (χ4v) is 3.43. The summed E-state index contributed by atoms with van der Waals surface area (Å²) in [4.78, 5) is 4.10. The molecule has 0 atom stereocenters. The van der Waals surface area contributed by atoms with Gasteiger partial charge in [0.25, 0.3) is 0 Å². The lowest BCUT2D eigenvalue weighted by molar-refractivity contribution is 0.540. The maximum Gasteiger partial charge on any atom is 0.158 e. The van der Waals surface area contributed by atoms with Crippen LogP contribution < -0.4 is 5.73 Å². The van der Waals surface area contributed by atoms with Crippen molar-refractivity contribution in [1.82, 2.24) is 0 Å². The highest BCUT2D eigenvalue weighted by molar-refractivity contribution is 9.10. The van der Waals surface area contributed by atoms with Gasteiger partial charge in [0.05, 0.1) is 0 Å². The van der Waals surface area contributed by atoms with Gasteiger partial charge in [-0.15, -0.1) is 0 Å². The van der Waals surface area contributed by atoms with Gasteiger partial charge >= 0.3 is 0 Å². The Labute approximate surface area is 142 Å². The fourth-order valence-electron chi connectivity index (χ4n) is 2.35. The molecule has 0 spiro atoms. The van der Waals surface area contributed by atoms with E-state index in [0.29, 0.717) is 16.1 Å². The molecule has 0 saturated heterocycles. The van der Waals surface area contributed by atoms with Crippen LogP contribution in [0, 0.1) is 11.6 Å². The minimum atomic E-state index is -0.466. The van der Waals surface area contributed by atoms with Crippen LogP contribution in [0.25, 0.3) is 0 Å². The lowest BCUT2D eigenvalue weighted by Crippen LogP contribution is -2.10. The quantitative estimate of drug-likeness (QED) is 0.654. The first-order valence-corrected chi connectivity index (χ1v) is 9.11. The lowest BCUT2D eigenvalue weighted by atomic mass is 10.0. The summed E-state index contributed by atoms with van der Waals surface area (Å²) in [6, 6.07) is 2.63. The molecule has 22 heavy (non-hydrogen) atoms. The van der Waals surface area contributed by atoms with E-state index < -0.39 is 11.6 Å². The standard InChI is InChI=1S/C16H19BrF2N2S/c17-12-7-14(18)13(15(19)8-12)6-4-2-1-3-5-11-9-21-16(20)22-10-11/h7-9H,1-6,10H2,(H2,20,21). The number of benzene rings is 1. The van der Waals surface area contributed by atoms with E-state index in [1.54, 1.807) is 11.8 Å². The van der Waals surface area contributed by atoms with Crippen molar-refractivity contribution in [2.24, 2.45) is 10.7 Å². The third-order valence-electron chi connectivity index (χ3n) is 3.56. The Morgan fingerprint density at radius 2 is 1.73 bits per heavy atom. The highest BCUT2D eigenvalue weighted by atomic mass is 79.9. The summed E-state index contributed by atoms with van der Waals surface area (Å²) < 4.78 is 27.8. The zero-order valence-corrected chi connectivity index (χ0v) is 14.7. The first-order valence-electron chi connectivity index (χ1n) is 7.33.